The molecule has 1 saturated heterocycles. The number of hydrogen-bond acceptors (Lipinski definition) is 2. The van der Waals surface area contributed by atoms with Gasteiger partial charge >= 0.3 is 6.09 Å². The van der Waals surface area contributed by atoms with Crippen LogP contribution in [0.1, 0.15) is 26.2 Å². The highest BCUT2D eigenvalue weighted by atomic mass is 16.5. The number of carbonyl (C=O) groups is 1. The summed E-state index contributed by atoms with van der Waals surface area (Å²) in [5.74, 6) is 0.524. The van der Waals surface area contributed by atoms with Gasteiger partial charge in [-0.15, -0.1) is 0 Å². The zero-order valence-electron chi connectivity index (χ0n) is 7.95. The van der Waals surface area contributed by atoms with Crippen molar-refractivity contribution < 1.29 is 14.6 Å². The van der Waals surface area contributed by atoms with E-state index >= 15 is 0 Å². The molecule has 76 valence electrons. The van der Waals surface area contributed by atoms with Crippen molar-refractivity contribution in [2.45, 2.75) is 32.2 Å². The van der Waals surface area contributed by atoms with Crippen LogP contribution in [0.25, 0.3) is 0 Å². The van der Waals surface area contributed by atoms with Crippen molar-refractivity contribution >= 4 is 6.09 Å². The Labute approximate surface area is 78.3 Å². The van der Waals surface area contributed by atoms with Crippen molar-refractivity contribution in [2.75, 3.05) is 13.2 Å². The first kappa shape index (κ1) is 10.3. The molecule has 13 heavy (non-hydrogen) atoms. The van der Waals surface area contributed by atoms with Crippen molar-refractivity contribution in [1.29, 1.82) is 0 Å². The van der Waals surface area contributed by atoms with Gasteiger partial charge in [0.05, 0.1) is 0 Å². The number of amides is 1. The van der Waals surface area contributed by atoms with E-state index in [0.29, 0.717) is 5.92 Å². The minimum atomic E-state index is -0.941. The molecule has 0 radical (unpaired) electrons. The van der Waals surface area contributed by atoms with Crippen LogP contribution in [0.15, 0.2) is 0 Å². The van der Waals surface area contributed by atoms with Gasteiger partial charge in [0.2, 0.25) is 0 Å². The predicted molar refractivity (Wildman–Crippen MR) is 48.8 cm³/mol. The van der Waals surface area contributed by atoms with Crippen LogP contribution < -0.4 is 5.32 Å². The standard InChI is InChI=1S/C9H17NO3/c1-7(10-9(11)12)5-8-3-2-4-13-6-8/h7-8,10H,2-6H2,1H3,(H,11,12). The summed E-state index contributed by atoms with van der Waals surface area (Å²) in [6.07, 6.45) is 2.20. The van der Waals surface area contributed by atoms with Crippen molar-refractivity contribution in [3.8, 4) is 0 Å². The second-order valence-electron chi connectivity index (χ2n) is 3.67. The molecule has 0 saturated carbocycles. The molecule has 4 heteroatoms. The molecule has 0 bridgehead atoms. The van der Waals surface area contributed by atoms with E-state index in [0.717, 1.165) is 32.5 Å². The van der Waals surface area contributed by atoms with Gasteiger partial charge in [-0.2, -0.15) is 0 Å². The predicted octanol–water partition coefficient (Wildman–Crippen LogP) is 1.46. The number of ether oxygens (including phenoxy) is 1. The van der Waals surface area contributed by atoms with E-state index in [9.17, 15) is 4.79 Å². The van der Waals surface area contributed by atoms with Crippen LogP contribution in [0.3, 0.4) is 0 Å². The maximum atomic E-state index is 10.3. The third-order valence-corrected chi connectivity index (χ3v) is 2.31. The van der Waals surface area contributed by atoms with Gasteiger partial charge in [0, 0.05) is 19.3 Å². The molecule has 1 rings (SSSR count). The zero-order valence-corrected chi connectivity index (χ0v) is 7.95. The van der Waals surface area contributed by atoms with E-state index in [1.807, 2.05) is 6.92 Å². The van der Waals surface area contributed by atoms with Gasteiger partial charge in [-0.1, -0.05) is 0 Å². The lowest BCUT2D eigenvalue weighted by molar-refractivity contribution is 0.0483. The monoisotopic (exact) mass is 187 g/mol. The largest absolute Gasteiger partial charge is 0.465 e. The lowest BCUT2D eigenvalue weighted by Gasteiger charge is -2.24. The van der Waals surface area contributed by atoms with Crippen LogP contribution in [-0.4, -0.2) is 30.5 Å². The van der Waals surface area contributed by atoms with Crippen LogP contribution in [-0.2, 0) is 4.74 Å². The smallest absolute Gasteiger partial charge is 0.404 e. The summed E-state index contributed by atoms with van der Waals surface area (Å²) < 4.78 is 5.31. The summed E-state index contributed by atoms with van der Waals surface area (Å²) in [7, 11) is 0. The molecule has 1 amide bonds. The summed E-state index contributed by atoms with van der Waals surface area (Å²) >= 11 is 0. The number of hydrogen-bond donors (Lipinski definition) is 2. The molecule has 1 aliphatic rings. The summed E-state index contributed by atoms with van der Waals surface area (Å²) in [5, 5.41) is 10.9. The van der Waals surface area contributed by atoms with Gasteiger partial charge in [0.25, 0.3) is 0 Å². The fraction of sp³-hybridized carbons (Fsp3) is 0.889. The second-order valence-corrected chi connectivity index (χ2v) is 3.67. The van der Waals surface area contributed by atoms with Crippen LogP contribution in [0.5, 0.6) is 0 Å². The van der Waals surface area contributed by atoms with Gasteiger partial charge in [0.15, 0.2) is 0 Å². The van der Waals surface area contributed by atoms with Crippen molar-refractivity contribution in [3.63, 3.8) is 0 Å². The van der Waals surface area contributed by atoms with E-state index in [1.54, 1.807) is 0 Å². The lowest BCUT2D eigenvalue weighted by Crippen LogP contribution is -2.34. The van der Waals surface area contributed by atoms with Gasteiger partial charge in [0.1, 0.15) is 0 Å². The maximum Gasteiger partial charge on any atom is 0.404 e. The molecule has 1 aliphatic heterocycles. The van der Waals surface area contributed by atoms with Crippen molar-refractivity contribution in [3.05, 3.63) is 0 Å². The Balaban J connectivity index is 2.18. The lowest BCUT2D eigenvalue weighted by atomic mass is 9.95. The third-order valence-electron chi connectivity index (χ3n) is 2.31. The van der Waals surface area contributed by atoms with Gasteiger partial charge in [-0.3, -0.25) is 0 Å². The summed E-state index contributed by atoms with van der Waals surface area (Å²) in [6, 6.07) is 0.0317. The fourth-order valence-corrected chi connectivity index (χ4v) is 1.76. The highest BCUT2D eigenvalue weighted by molar-refractivity contribution is 5.64. The summed E-state index contributed by atoms with van der Waals surface area (Å²) in [5.41, 5.74) is 0. The molecule has 0 aromatic heterocycles. The first-order chi connectivity index (χ1) is 6.18. The summed E-state index contributed by atoms with van der Waals surface area (Å²) in [6.45, 7) is 3.53. The topological polar surface area (TPSA) is 58.6 Å². The Bertz CT molecular complexity index is 166. The zero-order chi connectivity index (χ0) is 9.68. The quantitative estimate of drug-likeness (QED) is 0.703. The Morgan fingerprint density at radius 3 is 3.08 bits per heavy atom. The molecule has 2 N–H and O–H groups in total. The maximum absolute atomic E-state index is 10.3. The van der Waals surface area contributed by atoms with E-state index in [2.05, 4.69) is 5.32 Å². The van der Waals surface area contributed by atoms with E-state index in [1.165, 1.54) is 0 Å². The minimum absolute atomic E-state index is 0.0317. The molecule has 0 aromatic carbocycles. The highest BCUT2D eigenvalue weighted by Crippen LogP contribution is 2.18. The number of carboxylic acid groups (broad SMARTS) is 1. The minimum Gasteiger partial charge on any atom is -0.465 e. The van der Waals surface area contributed by atoms with Crippen LogP contribution in [0.2, 0.25) is 0 Å². The molecule has 2 atom stereocenters. The molecule has 0 aromatic rings. The van der Waals surface area contributed by atoms with Gasteiger partial charge in [-0.05, 0) is 32.1 Å². The SMILES string of the molecule is CC(CC1CCCOC1)NC(=O)O. The van der Waals surface area contributed by atoms with Crippen LogP contribution in [0, 0.1) is 5.92 Å². The van der Waals surface area contributed by atoms with Gasteiger partial charge in [-0.25, -0.2) is 4.79 Å². The molecule has 1 fully saturated rings. The fourth-order valence-electron chi connectivity index (χ4n) is 1.76. The normalized spacial score (nSPS) is 25.2. The Morgan fingerprint density at radius 1 is 1.77 bits per heavy atom. The van der Waals surface area contributed by atoms with Crippen LogP contribution >= 0.6 is 0 Å². The number of nitrogens with one attached hydrogen (secondary N) is 1. The molecule has 2 unspecified atom stereocenters. The third kappa shape index (κ3) is 4.12. The molecule has 0 aliphatic carbocycles. The van der Waals surface area contributed by atoms with Crippen molar-refractivity contribution in [1.82, 2.24) is 5.32 Å². The molecule has 1 heterocycles. The van der Waals surface area contributed by atoms with E-state index in [-0.39, 0.29) is 6.04 Å². The first-order valence-electron chi connectivity index (χ1n) is 4.75. The molecule has 4 nitrogen and oxygen atoms in total. The van der Waals surface area contributed by atoms with Gasteiger partial charge < -0.3 is 15.2 Å². The first-order valence-corrected chi connectivity index (χ1v) is 4.75. The van der Waals surface area contributed by atoms with Crippen LogP contribution in [0.4, 0.5) is 4.79 Å². The Kier molecular flexibility index (Phi) is 4.02. The highest BCUT2D eigenvalue weighted by Gasteiger charge is 2.17. The average molecular weight is 187 g/mol. The van der Waals surface area contributed by atoms with E-state index < -0.39 is 6.09 Å². The molecular formula is C9H17NO3. The van der Waals surface area contributed by atoms with Crippen molar-refractivity contribution in [2.24, 2.45) is 5.92 Å². The Hall–Kier alpha value is -0.770. The molecule has 0 spiro atoms. The average Bonchev–Trinajstić information content (AvgIpc) is 2.04. The van der Waals surface area contributed by atoms with E-state index in [4.69, 9.17) is 9.84 Å². The molecular weight excluding hydrogens is 170 g/mol. The summed E-state index contributed by atoms with van der Waals surface area (Å²) in [4.78, 5) is 10.3. The Morgan fingerprint density at radius 2 is 2.54 bits per heavy atom. The second kappa shape index (κ2) is 5.07. The number of rotatable bonds is 3.